The van der Waals surface area contributed by atoms with Crippen LogP contribution in [0.25, 0.3) is 6.08 Å². The predicted molar refractivity (Wildman–Crippen MR) is 132 cm³/mol. The number of carbonyl (C=O) groups excluding carboxylic acids is 3. The Balaban J connectivity index is 1.60. The Morgan fingerprint density at radius 3 is 2.17 bits per heavy atom. The van der Waals surface area contributed by atoms with Crippen LogP contribution in [0.1, 0.15) is 46.0 Å². The van der Waals surface area contributed by atoms with E-state index in [1.165, 1.54) is 6.08 Å². The first-order valence-electron chi connectivity index (χ1n) is 11.1. The summed E-state index contributed by atoms with van der Waals surface area (Å²) >= 11 is 0. The summed E-state index contributed by atoms with van der Waals surface area (Å²) in [4.78, 5) is 36.7. The lowest BCUT2D eigenvalue weighted by Gasteiger charge is -2.07. The number of amides is 1. The monoisotopic (exact) mass is 468 g/mol. The smallest absolute Gasteiger partial charge is 0.343 e. The van der Waals surface area contributed by atoms with Gasteiger partial charge in [0.2, 0.25) is 0 Å². The van der Waals surface area contributed by atoms with Crippen molar-refractivity contribution in [1.82, 2.24) is 0 Å². The summed E-state index contributed by atoms with van der Waals surface area (Å²) in [6.07, 6.45) is 3.15. The van der Waals surface area contributed by atoms with Crippen molar-refractivity contribution in [2.45, 2.75) is 19.8 Å². The maximum absolute atomic E-state index is 12.5. The molecule has 0 heterocycles. The zero-order valence-corrected chi connectivity index (χ0v) is 19.2. The Labute approximate surface area is 203 Å². The first-order chi connectivity index (χ1) is 17.0. The topological polar surface area (TPSA) is 105 Å². The highest BCUT2D eigenvalue weighted by Crippen LogP contribution is 2.17. The highest BCUT2D eigenvalue weighted by molar-refractivity contribution is 6.09. The number of ether oxygens (including phenoxy) is 2. The zero-order chi connectivity index (χ0) is 25.0. The first-order valence-corrected chi connectivity index (χ1v) is 11.1. The average Bonchev–Trinajstić information content (AvgIpc) is 2.89. The van der Waals surface area contributed by atoms with Gasteiger partial charge in [-0.25, -0.2) is 9.59 Å². The molecule has 0 fully saturated rings. The molecule has 0 aliphatic rings. The minimum Gasteiger partial charge on any atom is -0.462 e. The Kier molecular flexibility index (Phi) is 8.92. The molecule has 0 aromatic heterocycles. The Bertz CT molecular complexity index is 1240. The molecular formula is C28H24N2O5. The van der Waals surface area contributed by atoms with Gasteiger partial charge in [0.15, 0.2) is 0 Å². The van der Waals surface area contributed by atoms with Crippen molar-refractivity contribution < 1.29 is 23.9 Å². The van der Waals surface area contributed by atoms with E-state index in [9.17, 15) is 19.6 Å². The van der Waals surface area contributed by atoms with Crippen LogP contribution in [-0.2, 0) is 9.53 Å². The standard InChI is InChI=1S/C28H24N2O5/c1-2-3-17-34-27(32)22-11-13-24(14-12-22)30-26(31)23(19-29)18-20-9-15-25(16-10-20)35-28(33)21-7-5-4-6-8-21/h4-16,18H,2-3,17H2,1H3,(H,30,31). The molecule has 0 radical (unpaired) electrons. The minimum absolute atomic E-state index is 0.109. The molecule has 3 aromatic rings. The molecule has 35 heavy (non-hydrogen) atoms. The van der Waals surface area contributed by atoms with Crippen molar-refractivity contribution in [3.8, 4) is 11.8 Å². The molecule has 0 spiro atoms. The summed E-state index contributed by atoms with van der Waals surface area (Å²) in [5.74, 6) is -1.16. The lowest BCUT2D eigenvalue weighted by Crippen LogP contribution is -2.13. The van der Waals surface area contributed by atoms with E-state index in [1.54, 1.807) is 78.9 Å². The molecule has 3 rings (SSSR count). The van der Waals surface area contributed by atoms with E-state index in [2.05, 4.69) is 5.32 Å². The van der Waals surface area contributed by atoms with Crippen LogP contribution in [0.4, 0.5) is 5.69 Å². The number of carbonyl (C=O) groups is 3. The number of benzene rings is 3. The molecule has 1 N–H and O–H groups in total. The molecule has 0 unspecified atom stereocenters. The van der Waals surface area contributed by atoms with Gasteiger partial charge in [0.25, 0.3) is 5.91 Å². The summed E-state index contributed by atoms with van der Waals surface area (Å²) in [6.45, 7) is 2.37. The predicted octanol–water partition coefficient (Wildman–Crippen LogP) is 5.41. The number of anilines is 1. The van der Waals surface area contributed by atoms with Crippen LogP contribution in [0.5, 0.6) is 5.75 Å². The summed E-state index contributed by atoms with van der Waals surface area (Å²) < 4.78 is 10.5. The Morgan fingerprint density at radius 1 is 0.886 bits per heavy atom. The van der Waals surface area contributed by atoms with Crippen molar-refractivity contribution >= 4 is 29.6 Å². The highest BCUT2D eigenvalue weighted by Gasteiger charge is 2.12. The number of unbranched alkanes of at least 4 members (excludes halogenated alkanes) is 1. The fourth-order valence-corrected chi connectivity index (χ4v) is 2.97. The number of nitrogens with one attached hydrogen (secondary N) is 1. The summed E-state index contributed by atoms with van der Waals surface area (Å²) in [5, 5.41) is 12.1. The van der Waals surface area contributed by atoms with Crippen LogP contribution < -0.4 is 10.1 Å². The van der Waals surface area contributed by atoms with Crippen molar-refractivity contribution in [2.24, 2.45) is 0 Å². The van der Waals surface area contributed by atoms with E-state index in [-0.39, 0.29) is 5.57 Å². The van der Waals surface area contributed by atoms with E-state index in [4.69, 9.17) is 9.47 Å². The van der Waals surface area contributed by atoms with Crippen LogP contribution in [0, 0.1) is 11.3 Å². The van der Waals surface area contributed by atoms with Gasteiger partial charge in [-0.05, 0) is 66.6 Å². The molecule has 3 aromatic carbocycles. The van der Waals surface area contributed by atoms with Crippen molar-refractivity contribution in [3.05, 3.63) is 101 Å². The van der Waals surface area contributed by atoms with Crippen LogP contribution in [0.15, 0.2) is 84.4 Å². The molecular weight excluding hydrogens is 444 g/mol. The van der Waals surface area contributed by atoms with Gasteiger partial charge >= 0.3 is 11.9 Å². The molecule has 0 saturated heterocycles. The normalized spacial score (nSPS) is 10.7. The van der Waals surface area contributed by atoms with Crippen LogP contribution >= 0.6 is 0 Å². The van der Waals surface area contributed by atoms with Gasteiger partial charge in [0, 0.05) is 5.69 Å². The zero-order valence-electron chi connectivity index (χ0n) is 19.2. The molecule has 0 bridgehead atoms. The number of esters is 2. The highest BCUT2D eigenvalue weighted by atomic mass is 16.5. The molecule has 1 amide bonds. The van der Waals surface area contributed by atoms with Crippen molar-refractivity contribution in [1.29, 1.82) is 5.26 Å². The summed E-state index contributed by atoms with van der Waals surface area (Å²) in [6, 6.07) is 23.2. The van der Waals surface area contributed by atoms with Crippen molar-refractivity contribution in [3.63, 3.8) is 0 Å². The number of hydrogen-bond donors (Lipinski definition) is 1. The Morgan fingerprint density at radius 2 is 1.54 bits per heavy atom. The lowest BCUT2D eigenvalue weighted by molar-refractivity contribution is -0.112. The Hall–Kier alpha value is -4.70. The molecule has 176 valence electrons. The second-order valence-corrected chi connectivity index (χ2v) is 7.52. The number of nitriles is 1. The van der Waals surface area contributed by atoms with Gasteiger partial charge in [-0.2, -0.15) is 5.26 Å². The maximum Gasteiger partial charge on any atom is 0.343 e. The van der Waals surface area contributed by atoms with E-state index in [0.717, 1.165) is 12.8 Å². The molecule has 0 saturated carbocycles. The second kappa shape index (κ2) is 12.5. The molecule has 7 heteroatoms. The molecule has 0 aliphatic heterocycles. The third-order valence-electron chi connectivity index (χ3n) is 4.89. The maximum atomic E-state index is 12.5. The van der Waals surface area contributed by atoms with Gasteiger partial charge in [-0.1, -0.05) is 43.7 Å². The quantitative estimate of drug-likeness (QED) is 0.148. The van der Waals surface area contributed by atoms with Gasteiger partial charge in [-0.3, -0.25) is 4.79 Å². The van der Waals surface area contributed by atoms with Crippen LogP contribution in [-0.4, -0.2) is 24.5 Å². The van der Waals surface area contributed by atoms with Gasteiger partial charge in [-0.15, -0.1) is 0 Å². The minimum atomic E-state index is -0.592. The fraction of sp³-hybridized carbons (Fsp3) is 0.143. The third-order valence-corrected chi connectivity index (χ3v) is 4.89. The second-order valence-electron chi connectivity index (χ2n) is 7.52. The van der Waals surface area contributed by atoms with Gasteiger partial charge < -0.3 is 14.8 Å². The summed E-state index contributed by atoms with van der Waals surface area (Å²) in [5.41, 5.74) is 1.72. The number of rotatable bonds is 9. The van der Waals surface area contributed by atoms with Crippen LogP contribution in [0.3, 0.4) is 0 Å². The van der Waals surface area contributed by atoms with Gasteiger partial charge in [0.1, 0.15) is 17.4 Å². The number of hydrogen-bond acceptors (Lipinski definition) is 6. The van der Waals surface area contributed by atoms with E-state index < -0.39 is 17.8 Å². The SMILES string of the molecule is CCCCOC(=O)c1ccc(NC(=O)C(C#N)=Cc2ccc(OC(=O)c3ccccc3)cc2)cc1. The first kappa shape index (κ1) is 24.9. The summed E-state index contributed by atoms with van der Waals surface area (Å²) in [7, 11) is 0. The van der Waals surface area contributed by atoms with E-state index >= 15 is 0 Å². The molecule has 0 aliphatic carbocycles. The number of nitrogens with zero attached hydrogens (tertiary/aromatic N) is 1. The van der Waals surface area contributed by atoms with Gasteiger partial charge in [0.05, 0.1) is 17.7 Å². The fourth-order valence-electron chi connectivity index (χ4n) is 2.97. The molecule has 0 atom stereocenters. The van der Waals surface area contributed by atoms with E-state index in [1.807, 2.05) is 13.0 Å². The lowest BCUT2D eigenvalue weighted by atomic mass is 10.1. The van der Waals surface area contributed by atoms with Crippen molar-refractivity contribution in [2.75, 3.05) is 11.9 Å². The largest absolute Gasteiger partial charge is 0.462 e. The third kappa shape index (κ3) is 7.41. The average molecular weight is 469 g/mol. The molecule has 7 nitrogen and oxygen atoms in total. The van der Waals surface area contributed by atoms with Crippen LogP contribution in [0.2, 0.25) is 0 Å². The van der Waals surface area contributed by atoms with E-state index in [0.29, 0.717) is 34.7 Å².